The largest absolute Gasteiger partial charge is 0.481 e. The van der Waals surface area contributed by atoms with Crippen LogP contribution >= 0.6 is 0 Å². The van der Waals surface area contributed by atoms with Crippen molar-refractivity contribution < 1.29 is 38.9 Å². The van der Waals surface area contributed by atoms with E-state index in [9.17, 15) is 19.2 Å². The Bertz CT molecular complexity index is 450. The average Bonchev–Trinajstić information content (AvgIpc) is 2.61. The Labute approximate surface area is 160 Å². The van der Waals surface area contributed by atoms with Crippen LogP contribution in [-0.2, 0) is 28.7 Å². The van der Waals surface area contributed by atoms with Crippen molar-refractivity contribution in [3.8, 4) is 0 Å². The molecule has 0 amide bonds. The van der Waals surface area contributed by atoms with Gasteiger partial charge in [-0.3, -0.25) is 9.59 Å². The molecule has 0 bridgehead atoms. The van der Waals surface area contributed by atoms with E-state index in [4.69, 9.17) is 10.2 Å². The van der Waals surface area contributed by atoms with Crippen molar-refractivity contribution in [2.24, 2.45) is 0 Å². The molecule has 27 heavy (non-hydrogen) atoms. The zero-order valence-corrected chi connectivity index (χ0v) is 16.7. The molecule has 0 heterocycles. The summed E-state index contributed by atoms with van der Waals surface area (Å²) in [6, 6.07) is 0. The highest BCUT2D eigenvalue weighted by molar-refractivity contribution is 5.87. The molecule has 0 aliphatic carbocycles. The highest BCUT2D eigenvalue weighted by Crippen LogP contribution is 1.99. The fourth-order valence-electron chi connectivity index (χ4n) is 1.15. The van der Waals surface area contributed by atoms with Gasteiger partial charge in [0.25, 0.3) is 0 Å². The molecule has 0 aromatic heterocycles. The third-order valence-electron chi connectivity index (χ3n) is 2.76. The number of carboxylic acids is 2. The third-order valence-corrected chi connectivity index (χ3v) is 2.76. The van der Waals surface area contributed by atoms with Crippen LogP contribution in [0.3, 0.4) is 0 Å². The zero-order chi connectivity index (χ0) is 21.8. The molecule has 0 rings (SSSR count). The van der Waals surface area contributed by atoms with Gasteiger partial charge in [0.1, 0.15) is 0 Å². The molecule has 0 aliphatic heterocycles. The molecular formula is C19H32O8. The first-order valence-electron chi connectivity index (χ1n) is 8.70. The van der Waals surface area contributed by atoms with E-state index >= 15 is 0 Å². The van der Waals surface area contributed by atoms with Crippen molar-refractivity contribution in [2.75, 3.05) is 13.2 Å². The standard InChI is InChI=1S/2C7H12O2.C5H8O4/c2*1-4-6(3)7(8)9-5-2;6-4(7)2-1-3-5(8)9/h2*3-5H2,1-2H3;1-3H2,(H,6,7)(H,8,9). The van der Waals surface area contributed by atoms with Crippen LogP contribution in [0.25, 0.3) is 0 Å². The Morgan fingerprint density at radius 1 is 0.704 bits per heavy atom. The summed E-state index contributed by atoms with van der Waals surface area (Å²) in [5, 5.41) is 16.1. The van der Waals surface area contributed by atoms with Crippen molar-refractivity contribution >= 4 is 23.9 Å². The number of hydrogen-bond donors (Lipinski definition) is 2. The Balaban J connectivity index is -0.000000320. The average molecular weight is 388 g/mol. The highest BCUT2D eigenvalue weighted by atomic mass is 16.5. The number of aliphatic carboxylic acids is 2. The van der Waals surface area contributed by atoms with Crippen LogP contribution in [0.15, 0.2) is 24.3 Å². The van der Waals surface area contributed by atoms with E-state index in [-0.39, 0.29) is 31.2 Å². The molecule has 8 heteroatoms. The van der Waals surface area contributed by atoms with Crippen LogP contribution in [0.4, 0.5) is 0 Å². The van der Waals surface area contributed by atoms with Crippen LogP contribution in [0.5, 0.6) is 0 Å². The molecule has 0 atom stereocenters. The number of esters is 2. The second-order valence-electron chi connectivity index (χ2n) is 5.00. The quantitative estimate of drug-likeness (QED) is 0.431. The van der Waals surface area contributed by atoms with E-state index in [1.807, 2.05) is 13.8 Å². The van der Waals surface area contributed by atoms with Crippen LogP contribution < -0.4 is 0 Å². The van der Waals surface area contributed by atoms with Gasteiger partial charge in [0, 0.05) is 24.0 Å². The van der Waals surface area contributed by atoms with Crippen LogP contribution in [-0.4, -0.2) is 47.3 Å². The van der Waals surface area contributed by atoms with Gasteiger partial charge in [-0.1, -0.05) is 27.0 Å². The first kappa shape index (κ1) is 29.1. The Kier molecular flexibility index (Phi) is 21.2. The predicted octanol–water partition coefficient (Wildman–Crippen LogP) is 3.36. The first-order chi connectivity index (χ1) is 12.6. The van der Waals surface area contributed by atoms with Gasteiger partial charge in [0.2, 0.25) is 0 Å². The molecule has 0 saturated heterocycles. The highest BCUT2D eigenvalue weighted by Gasteiger charge is 2.03. The number of carbonyl (C=O) groups is 4. The summed E-state index contributed by atoms with van der Waals surface area (Å²) in [5.41, 5.74) is 1.08. The lowest BCUT2D eigenvalue weighted by molar-refractivity contribution is -0.140. The number of hydrogen-bond acceptors (Lipinski definition) is 6. The molecular weight excluding hydrogens is 356 g/mol. The smallest absolute Gasteiger partial charge is 0.333 e. The fourth-order valence-corrected chi connectivity index (χ4v) is 1.15. The lowest BCUT2D eigenvalue weighted by atomic mass is 10.2. The molecule has 0 unspecified atom stereocenters. The van der Waals surface area contributed by atoms with Gasteiger partial charge < -0.3 is 19.7 Å². The summed E-state index contributed by atoms with van der Waals surface area (Å²) < 4.78 is 9.31. The van der Waals surface area contributed by atoms with Crippen molar-refractivity contribution in [1.29, 1.82) is 0 Å². The summed E-state index contributed by atoms with van der Waals surface area (Å²) >= 11 is 0. The minimum absolute atomic E-state index is 0.0632. The maximum absolute atomic E-state index is 10.7. The van der Waals surface area contributed by atoms with E-state index in [2.05, 4.69) is 22.6 Å². The number of carbonyl (C=O) groups excluding carboxylic acids is 2. The lowest BCUT2D eigenvalue weighted by Gasteiger charge is -1.99. The topological polar surface area (TPSA) is 127 Å². The van der Waals surface area contributed by atoms with Gasteiger partial charge >= 0.3 is 23.9 Å². The Morgan fingerprint density at radius 2 is 1.00 bits per heavy atom. The van der Waals surface area contributed by atoms with E-state index in [1.54, 1.807) is 13.8 Å². The van der Waals surface area contributed by atoms with Gasteiger partial charge in [-0.05, 0) is 33.1 Å². The summed E-state index contributed by atoms with van der Waals surface area (Å²) in [6.45, 7) is 15.2. The molecule has 0 aromatic carbocycles. The van der Waals surface area contributed by atoms with Crippen molar-refractivity contribution in [3.05, 3.63) is 24.3 Å². The maximum atomic E-state index is 10.7. The molecule has 2 N–H and O–H groups in total. The van der Waals surface area contributed by atoms with Gasteiger partial charge in [-0.2, -0.15) is 0 Å². The van der Waals surface area contributed by atoms with Crippen LogP contribution in [0.2, 0.25) is 0 Å². The minimum atomic E-state index is -0.948. The first-order valence-corrected chi connectivity index (χ1v) is 8.70. The van der Waals surface area contributed by atoms with Gasteiger partial charge in [-0.15, -0.1) is 0 Å². The zero-order valence-electron chi connectivity index (χ0n) is 16.7. The van der Waals surface area contributed by atoms with Crippen LogP contribution in [0, 0.1) is 0 Å². The van der Waals surface area contributed by atoms with E-state index in [0.717, 1.165) is 0 Å². The monoisotopic (exact) mass is 388 g/mol. The van der Waals surface area contributed by atoms with E-state index in [0.29, 0.717) is 37.2 Å². The fraction of sp³-hybridized carbons (Fsp3) is 0.579. The second kappa shape index (κ2) is 19.7. The third kappa shape index (κ3) is 23.4. The maximum Gasteiger partial charge on any atom is 0.333 e. The van der Waals surface area contributed by atoms with Crippen molar-refractivity contribution in [3.63, 3.8) is 0 Å². The summed E-state index contributed by atoms with van der Waals surface area (Å²) in [7, 11) is 0. The summed E-state index contributed by atoms with van der Waals surface area (Å²) in [6.07, 6.45) is 1.42. The molecule has 0 aliphatic rings. The molecule has 0 spiro atoms. The molecule has 0 radical (unpaired) electrons. The van der Waals surface area contributed by atoms with Gasteiger partial charge in [0.05, 0.1) is 13.2 Å². The molecule has 0 aromatic rings. The number of ether oxygens (including phenoxy) is 2. The number of rotatable bonds is 10. The number of carboxylic acid groups (broad SMARTS) is 2. The van der Waals surface area contributed by atoms with Crippen LogP contribution in [0.1, 0.15) is 59.8 Å². The van der Waals surface area contributed by atoms with E-state index < -0.39 is 11.9 Å². The SMILES string of the molecule is C=C(CC)C(=O)OCC.C=C(CC)C(=O)OCC.O=C(O)CCCC(=O)O. The van der Waals surface area contributed by atoms with Gasteiger partial charge in [0.15, 0.2) is 0 Å². The minimum Gasteiger partial charge on any atom is -0.481 e. The molecule has 156 valence electrons. The summed E-state index contributed by atoms with van der Waals surface area (Å²) in [5.74, 6) is -2.45. The van der Waals surface area contributed by atoms with Gasteiger partial charge in [-0.25, -0.2) is 9.59 Å². The molecule has 8 nitrogen and oxygen atoms in total. The summed E-state index contributed by atoms with van der Waals surface area (Å²) in [4.78, 5) is 40.9. The predicted molar refractivity (Wildman–Crippen MR) is 101 cm³/mol. The van der Waals surface area contributed by atoms with Crippen molar-refractivity contribution in [1.82, 2.24) is 0 Å². The normalized spacial score (nSPS) is 8.74. The Hall–Kier alpha value is -2.64. The van der Waals surface area contributed by atoms with Crippen molar-refractivity contribution in [2.45, 2.75) is 59.8 Å². The van der Waals surface area contributed by atoms with E-state index in [1.165, 1.54) is 0 Å². The Morgan fingerprint density at radius 3 is 1.19 bits per heavy atom. The molecule has 0 saturated carbocycles. The lowest BCUT2D eigenvalue weighted by Crippen LogP contribution is -2.05. The molecule has 0 fully saturated rings. The second-order valence-corrected chi connectivity index (χ2v) is 5.00.